The molecule has 0 bridgehead atoms. The molecule has 0 spiro atoms. The van der Waals surface area contributed by atoms with Crippen molar-refractivity contribution in [1.82, 2.24) is 20.4 Å². The average molecular weight is 241 g/mol. The molecule has 1 rings (SSSR count). The van der Waals surface area contributed by atoms with Crippen LogP contribution in [0.5, 0.6) is 0 Å². The minimum absolute atomic E-state index is 0.203. The second-order valence-electron chi connectivity index (χ2n) is 4.14. The lowest BCUT2D eigenvalue weighted by atomic mass is 10.1. The van der Waals surface area contributed by atoms with E-state index in [1.807, 2.05) is 5.43 Å². The van der Waals surface area contributed by atoms with Crippen LogP contribution in [0.25, 0.3) is 0 Å². The van der Waals surface area contributed by atoms with Crippen LogP contribution in [0.1, 0.15) is 30.8 Å². The number of carbonyl (C=O) groups is 1. The Kier molecular flexibility index (Phi) is 5.58. The summed E-state index contributed by atoms with van der Waals surface area (Å²) in [5, 5.41) is 7.47. The maximum atomic E-state index is 11.1. The van der Waals surface area contributed by atoms with E-state index in [0.29, 0.717) is 19.1 Å². The van der Waals surface area contributed by atoms with Crippen molar-refractivity contribution in [3.8, 4) is 0 Å². The fourth-order valence-corrected chi connectivity index (χ4v) is 1.16. The fourth-order valence-electron chi connectivity index (χ4n) is 1.16. The summed E-state index contributed by atoms with van der Waals surface area (Å²) in [5.74, 6) is 5.17. The summed E-state index contributed by atoms with van der Waals surface area (Å²) in [6.45, 7) is 6.17. The third-order valence-corrected chi connectivity index (χ3v) is 2.21. The molecule has 0 aliphatic rings. The summed E-state index contributed by atoms with van der Waals surface area (Å²) in [6, 6.07) is 0. The molecule has 1 aromatic rings. The first-order valence-corrected chi connectivity index (χ1v) is 5.62. The summed E-state index contributed by atoms with van der Waals surface area (Å²) in [4.78, 5) is 11.1. The number of amides is 1. The van der Waals surface area contributed by atoms with Gasteiger partial charge in [-0.3, -0.25) is 10.2 Å². The van der Waals surface area contributed by atoms with E-state index in [0.717, 1.165) is 13.0 Å². The monoisotopic (exact) mass is 241 g/mol. The Morgan fingerprint density at radius 1 is 1.59 bits per heavy atom. The first-order chi connectivity index (χ1) is 8.13. The molecule has 1 aromatic heterocycles. The lowest BCUT2D eigenvalue weighted by Crippen LogP contribution is -2.30. The van der Waals surface area contributed by atoms with Crippen molar-refractivity contribution in [1.29, 1.82) is 0 Å². The number of ether oxygens (including phenoxy) is 1. The van der Waals surface area contributed by atoms with Crippen molar-refractivity contribution in [2.75, 3.05) is 13.2 Å². The third-order valence-electron chi connectivity index (χ3n) is 2.21. The standard InChI is InChI=1S/C10H19N5O2/c1-8(2)3-5-17-6-4-15-7-9(13-14-15)10(16)12-11/h7-8H,3-6,11H2,1-2H3,(H,12,16). The second kappa shape index (κ2) is 6.97. The number of rotatable bonds is 7. The molecule has 0 fully saturated rings. The number of nitrogens with one attached hydrogen (secondary N) is 1. The first kappa shape index (κ1) is 13.6. The lowest BCUT2D eigenvalue weighted by molar-refractivity contribution is 0.0948. The number of hydrazine groups is 1. The van der Waals surface area contributed by atoms with E-state index in [1.54, 1.807) is 4.68 Å². The van der Waals surface area contributed by atoms with Crippen LogP contribution in [-0.4, -0.2) is 34.1 Å². The molecular weight excluding hydrogens is 222 g/mol. The van der Waals surface area contributed by atoms with E-state index in [2.05, 4.69) is 24.2 Å². The topological polar surface area (TPSA) is 95.1 Å². The molecule has 0 radical (unpaired) electrons. The van der Waals surface area contributed by atoms with Gasteiger partial charge in [0.2, 0.25) is 0 Å². The highest BCUT2D eigenvalue weighted by molar-refractivity contribution is 5.91. The molecule has 7 nitrogen and oxygen atoms in total. The maximum Gasteiger partial charge on any atom is 0.287 e. The van der Waals surface area contributed by atoms with E-state index in [9.17, 15) is 4.79 Å². The SMILES string of the molecule is CC(C)CCOCCn1cc(C(=O)NN)nn1. The van der Waals surface area contributed by atoms with Crippen LogP contribution in [0.4, 0.5) is 0 Å². The quantitative estimate of drug-likeness (QED) is 0.302. The molecule has 0 aromatic carbocycles. The zero-order valence-electron chi connectivity index (χ0n) is 10.2. The Morgan fingerprint density at radius 2 is 2.35 bits per heavy atom. The zero-order valence-corrected chi connectivity index (χ0v) is 10.2. The van der Waals surface area contributed by atoms with Crippen LogP contribution >= 0.6 is 0 Å². The molecule has 0 saturated heterocycles. The Labute approximate surface area is 100 Å². The summed E-state index contributed by atoms with van der Waals surface area (Å²) in [7, 11) is 0. The zero-order chi connectivity index (χ0) is 12.7. The molecule has 0 atom stereocenters. The van der Waals surface area contributed by atoms with Gasteiger partial charge in [-0.15, -0.1) is 5.10 Å². The van der Waals surface area contributed by atoms with E-state index >= 15 is 0 Å². The Morgan fingerprint density at radius 3 is 3.00 bits per heavy atom. The lowest BCUT2D eigenvalue weighted by Gasteiger charge is -2.05. The first-order valence-electron chi connectivity index (χ1n) is 5.62. The summed E-state index contributed by atoms with van der Waals surface area (Å²) < 4.78 is 6.99. The molecular formula is C10H19N5O2. The normalized spacial score (nSPS) is 10.8. The molecule has 1 heterocycles. The minimum atomic E-state index is -0.447. The number of hydrogen-bond donors (Lipinski definition) is 2. The van der Waals surface area contributed by atoms with Crippen LogP contribution in [-0.2, 0) is 11.3 Å². The highest BCUT2D eigenvalue weighted by atomic mass is 16.5. The number of nitrogens with two attached hydrogens (primary N) is 1. The van der Waals surface area contributed by atoms with Gasteiger partial charge in [0, 0.05) is 6.61 Å². The second-order valence-corrected chi connectivity index (χ2v) is 4.14. The van der Waals surface area contributed by atoms with E-state index < -0.39 is 5.91 Å². The van der Waals surface area contributed by atoms with Gasteiger partial charge in [-0.1, -0.05) is 19.1 Å². The van der Waals surface area contributed by atoms with Gasteiger partial charge < -0.3 is 4.74 Å². The van der Waals surface area contributed by atoms with Crippen molar-refractivity contribution < 1.29 is 9.53 Å². The third kappa shape index (κ3) is 4.92. The number of nitrogens with zero attached hydrogens (tertiary/aromatic N) is 3. The number of carbonyl (C=O) groups excluding carboxylic acids is 1. The Hall–Kier alpha value is -1.47. The van der Waals surface area contributed by atoms with Gasteiger partial charge >= 0.3 is 0 Å². The smallest absolute Gasteiger partial charge is 0.287 e. The van der Waals surface area contributed by atoms with Crippen molar-refractivity contribution in [3.05, 3.63) is 11.9 Å². The van der Waals surface area contributed by atoms with Gasteiger partial charge in [0.05, 0.1) is 19.3 Å². The van der Waals surface area contributed by atoms with E-state index in [-0.39, 0.29) is 5.69 Å². The van der Waals surface area contributed by atoms with Crippen molar-refractivity contribution in [3.63, 3.8) is 0 Å². The van der Waals surface area contributed by atoms with Crippen LogP contribution in [0, 0.1) is 5.92 Å². The summed E-state index contributed by atoms with van der Waals surface area (Å²) >= 11 is 0. The molecule has 0 aliphatic heterocycles. The van der Waals surface area contributed by atoms with Crippen LogP contribution in [0.3, 0.4) is 0 Å². The van der Waals surface area contributed by atoms with Gasteiger partial charge in [-0.05, 0) is 12.3 Å². The largest absolute Gasteiger partial charge is 0.380 e. The maximum absolute atomic E-state index is 11.1. The predicted molar refractivity (Wildman–Crippen MR) is 61.9 cm³/mol. The number of aromatic nitrogens is 3. The molecule has 1 amide bonds. The Bertz CT molecular complexity index is 350. The Balaban J connectivity index is 2.23. The van der Waals surface area contributed by atoms with E-state index in [1.165, 1.54) is 6.20 Å². The van der Waals surface area contributed by atoms with Crippen LogP contribution < -0.4 is 11.3 Å². The van der Waals surface area contributed by atoms with Gasteiger partial charge in [-0.2, -0.15) is 0 Å². The van der Waals surface area contributed by atoms with Gasteiger partial charge in [0.25, 0.3) is 5.91 Å². The van der Waals surface area contributed by atoms with Crippen LogP contribution in [0.15, 0.2) is 6.20 Å². The highest BCUT2D eigenvalue weighted by Gasteiger charge is 2.08. The average Bonchev–Trinajstić information content (AvgIpc) is 2.76. The summed E-state index contributed by atoms with van der Waals surface area (Å²) in [6.07, 6.45) is 2.58. The predicted octanol–water partition coefficient (Wildman–Crippen LogP) is -0.0557. The molecule has 0 aliphatic carbocycles. The van der Waals surface area contributed by atoms with Crippen molar-refractivity contribution in [2.45, 2.75) is 26.8 Å². The molecule has 0 unspecified atom stereocenters. The molecule has 96 valence electrons. The van der Waals surface area contributed by atoms with Crippen LogP contribution in [0.2, 0.25) is 0 Å². The fraction of sp³-hybridized carbons (Fsp3) is 0.700. The number of nitrogen functional groups attached to an aromatic ring is 1. The van der Waals surface area contributed by atoms with E-state index in [4.69, 9.17) is 10.6 Å². The van der Waals surface area contributed by atoms with Gasteiger partial charge in [0.15, 0.2) is 5.69 Å². The molecule has 3 N–H and O–H groups in total. The highest BCUT2D eigenvalue weighted by Crippen LogP contribution is 1.99. The van der Waals surface area contributed by atoms with Gasteiger partial charge in [0.1, 0.15) is 0 Å². The molecule has 17 heavy (non-hydrogen) atoms. The van der Waals surface area contributed by atoms with Crippen molar-refractivity contribution in [2.24, 2.45) is 11.8 Å². The van der Waals surface area contributed by atoms with Gasteiger partial charge in [-0.25, -0.2) is 10.5 Å². The molecule has 7 heteroatoms. The van der Waals surface area contributed by atoms with Crippen molar-refractivity contribution >= 4 is 5.91 Å². The minimum Gasteiger partial charge on any atom is -0.380 e. The number of hydrogen-bond acceptors (Lipinski definition) is 5. The summed E-state index contributed by atoms with van der Waals surface area (Å²) in [5.41, 5.74) is 2.20. The molecule has 0 saturated carbocycles.